The van der Waals surface area contributed by atoms with E-state index in [9.17, 15) is 0 Å². The Morgan fingerprint density at radius 2 is 2.39 bits per heavy atom. The number of nitrogens with one attached hydrogen (secondary N) is 1. The Labute approximate surface area is 110 Å². The van der Waals surface area contributed by atoms with E-state index < -0.39 is 0 Å². The van der Waals surface area contributed by atoms with Gasteiger partial charge in [0.2, 0.25) is 0 Å². The number of aryl methyl sites for hydroxylation is 1. The van der Waals surface area contributed by atoms with Crippen molar-refractivity contribution in [1.29, 1.82) is 0 Å². The highest BCUT2D eigenvalue weighted by Crippen LogP contribution is 2.29. The van der Waals surface area contributed by atoms with E-state index in [1.165, 1.54) is 31.4 Å². The molecule has 0 spiro atoms. The van der Waals surface area contributed by atoms with Crippen LogP contribution < -0.4 is 11.1 Å². The highest BCUT2D eigenvalue weighted by molar-refractivity contribution is 5.06. The van der Waals surface area contributed by atoms with Crippen molar-refractivity contribution in [3.05, 3.63) is 18.2 Å². The zero-order valence-electron chi connectivity index (χ0n) is 11.4. The summed E-state index contributed by atoms with van der Waals surface area (Å²) in [6, 6.07) is 0.249. The van der Waals surface area contributed by atoms with Crippen molar-refractivity contribution in [2.75, 3.05) is 13.1 Å². The fourth-order valence-electron chi connectivity index (χ4n) is 2.60. The molecule has 18 heavy (non-hydrogen) atoms. The average molecular weight is 250 g/mol. The van der Waals surface area contributed by atoms with Crippen LogP contribution in [-0.2, 0) is 6.54 Å². The molecule has 1 unspecified atom stereocenters. The van der Waals surface area contributed by atoms with Crippen LogP contribution in [0, 0.1) is 5.92 Å². The van der Waals surface area contributed by atoms with Gasteiger partial charge in [0.05, 0.1) is 18.1 Å². The van der Waals surface area contributed by atoms with Crippen LogP contribution in [0.1, 0.15) is 50.8 Å². The van der Waals surface area contributed by atoms with E-state index in [1.54, 1.807) is 0 Å². The third-order valence-electron chi connectivity index (χ3n) is 3.97. The summed E-state index contributed by atoms with van der Waals surface area (Å²) in [6.45, 7) is 4.92. The second-order valence-electron chi connectivity index (χ2n) is 5.34. The van der Waals surface area contributed by atoms with Gasteiger partial charge in [-0.25, -0.2) is 4.98 Å². The van der Waals surface area contributed by atoms with Crippen LogP contribution in [0.15, 0.2) is 12.5 Å². The molecule has 4 heteroatoms. The number of rotatable bonds is 8. The predicted molar refractivity (Wildman–Crippen MR) is 74.3 cm³/mol. The van der Waals surface area contributed by atoms with Crippen LogP contribution in [0.4, 0.5) is 0 Å². The van der Waals surface area contributed by atoms with Crippen molar-refractivity contribution in [3.63, 3.8) is 0 Å². The Bertz CT molecular complexity index is 343. The van der Waals surface area contributed by atoms with E-state index in [2.05, 4.69) is 21.8 Å². The average Bonchev–Trinajstić information content (AvgIpc) is 2.76. The van der Waals surface area contributed by atoms with Gasteiger partial charge in [-0.05, 0) is 25.3 Å². The van der Waals surface area contributed by atoms with Crippen molar-refractivity contribution < 1.29 is 0 Å². The van der Waals surface area contributed by atoms with E-state index in [-0.39, 0.29) is 6.04 Å². The molecule has 1 saturated carbocycles. The van der Waals surface area contributed by atoms with Crippen molar-refractivity contribution in [2.24, 2.45) is 11.7 Å². The number of imidazole rings is 1. The molecule has 1 aliphatic carbocycles. The maximum absolute atomic E-state index is 5.89. The first kappa shape index (κ1) is 13.6. The number of nitrogens with zero attached hydrogens (tertiary/aromatic N) is 2. The highest BCUT2D eigenvalue weighted by Gasteiger charge is 2.18. The van der Waals surface area contributed by atoms with Gasteiger partial charge in [-0.2, -0.15) is 0 Å². The monoisotopic (exact) mass is 250 g/mol. The molecule has 1 fully saturated rings. The van der Waals surface area contributed by atoms with Gasteiger partial charge in [0, 0.05) is 19.3 Å². The molecule has 0 radical (unpaired) electrons. The molecular weight excluding hydrogens is 224 g/mol. The fraction of sp³-hybridized carbons (Fsp3) is 0.786. The van der Waals surface area contributed by atoms with E-state index in [1.807, 2.05) is 12.5 Å². The van der Waals surface area contributed by atoms with Gasteiger partial charge in [0.15, 0.2) is 0 Å². The minimum atomic E-state index is 0.249. The van der Waals surface area contributed by atoms with Crippen LogP contribution in [0.2, 0.25) is 0 Å². The topological polar surface area (TPSA) is 55.9 Å². The molecule has 1 heterocycles. The third kappa shape index (κ3) is 3.33. The van der Waals surface area contributed by atoms with Crippen LogP contribution in [0.3, 0.4) is 0 Å². The van der Waals surface area contributed by atoms with Crippen molar-refractivity contribution >= 4 is 0 Å². The highest BCUT2D eigenvalue weighted by atomic mass is 15.1. The van der Waals surface area contributed by atoms with Crippen molar-refractivity contribution in [3.8, 4) is 0 Å². The van der Waals surface area contributed by atoms with Gasteiger partial charge in [0.25, 0.3) is 0 Å². The standard InChI is InChI=1S/C14H26N4/c1-2-8-18-11-16-10-14(18)13(9-15)17-7-6-12-4-3-5-12/h10-13,17H,2-9,15H2,1H3. The summed E-state index contributed by atoms with van der Waals surface area (Å²) >= 11 is 0. The quantitative estimate of drug-likeness (QED) is 0.742. The summed E-state index contributed by atoms with van der Waals surface area (Å²) < 4.78 is 2.22. The molecule has 3 N–H and O–H groups in total. The molecule has 0 amide bonds. The Morgan fingerprint density at radius 1 is 1.56 bits per heavy atom. The first-order chi connectivity index (χ1) is 8.85. The van der Waals surface area contributed by atoms with Gasteiger partial charge in [-0.3, -0.25) is 0 Å². The largest absolute Gasteiger partial charge is 0.333 e. The van der Waals surface area contributed by atoms with Gasteiger partial charge in [0.1, 0.15) is 0 Å². The Kier molecular flexibility index (Phi) is 5.20. The summed E-state index contributed by atoms with van der Waals surface area (Å²) in [4.78, 5) is 4.25. The maximum Gasteiger partial charge on any atom is 0.0948 e. The Hall–Kier alpha value is -0.870. The zero-order valence-corrected chi connectivity index (χ0v) is 11.4. The second-order valence-corrected chi connectivity index (χ2v) is 5.34. The maximum atomic E-state index is 5.89. The first-order valence-electron chi connectivity index (χ1n) is 7.28. The first-order valence-corrected chi connectivity index (χ1v) is 7.28. The molecule has 1 aromatic heterocycles. The normalized spacial score (nSPS) is 17.7. The lowest BCUT2D eigenvalue weighted by molar-refractivity contribution is 0.287. The molecule has 102 valence electrons. The second kappa shape index (κ2) is 6.90. The molecule has 4 nitrogen and oxygen atoms in total. The molecule has 1 atom stereocenters. The smallest absolute Gasteiger partial charge is 0.0948 e. The van der Waals surface area contributed by atoms with Crippen molar-refractivity contribution in [2.45, 2.75) is 51.6 Å². The Balaban J connectivity index is 1.83. The lowest BCUT2D eigenvalue weighted by Crippen LogP contribution is -2.32. The molecular formula is C14H26N4. The number of nitrogens with two attached hydrogens (primary N) is 1. The fourth-order valence-corrected chi connectivity index (χ4v) is 2.60. The number of hydrogen-bond acceptors (Lipinski definition) is 3. The number of hydrogen-bond donors (Lipinski definition) is 2. The SMILES string of the molecule is CCCn1cncc1C(CN)NCCC1CCC1. The predicted octanol–water partition coefficient (Wildman–Crippen LogP) is 2.07. The van der Waals surface area contributed by atoms with E-state index in [4.69, 9.17) is 5.73 Å². The lowest BCUT2D eigenvalue weighted by Gasteiger charge is -2.26. The van der Waals surface area contributed by atoms with E-state index >= 15 is 0 Å². The number of aromatic nitrogens is 2. The molecule has 1 aliphatic rings. The summed E-state index contributed by atoms with van der Waals surface area (Å²) in [7, 11) is 0. The Morgan fingerprint density at radius 3 is 3.00 bits per heavy atom. The van der Waals surface area contributed by atoms with Gasteiger partial charge >= 0.3 is 0 Å². The minimum Gasteiger partial charge on any atom is -0.333 e. The summed E-state index contributed by atoms with van der Waals surface area (Å²) in [5, 5.41) is 3.58. The summed E-state index contributed by atoms with van der Waals surface area (Å²) in [6.07, 6.45) is 10.5. The molecule has 1 aromatic rings. The van der Waals surface area contributed by atoms with Crippen LogP contribution >= 0.6 is 0 Å². The summed E-state index contributed by atoms with van der Waals surface area (Å²) in [5.41, 5.74) is 7.12. The molecule has 2 rings (SSSR count). The van der Waals surface area contributed by atoms with Crippen LogP contribution in [-0.4, -0.2) is 22.6 Å². The van der Waals surface area contributed by atoms with Crippen molar-refractivity contribution in [1.82, 2.24) is 14.9 Å². The van der Waals surface area contributed by atoms with Crippen LogP contribution in [0.25, 0.3) is 0 Å². The zero-order chi connectivity index (χ0) is 12.8. The van der Waals surface area contributed by atoms with Gasteiger partial charge in [-0.1, -0.05) is 26.2 Å². The lowest BCUT2D eigenvalue weighted by atomic mass is 9.83. The third-order valence-corrected chi connectivity index (χ3v) is 3.97. The van der Waals surface area contributed by atoms with Crippen LogP contribution in [0.5, 0.6) is 0 Å². The van der Waals surface area contributed by atoms with Gasteiger partial charge in [-0.15, -0.1) is 0 Å². The molecule has 0 aromatic carbocycles. The minimum absolute atomic E-state index is 0.249. The molecule has 0 aliphatic heterocycles. The van der Waals surface area contributed by atoms with Gasteiger partial charge < -0.3 is 15.6 Å². The molecule has 0 bridgehead atoms. The van der Waals surface area contributed by atoms with E-state index in [0.29, 0.717) is 6.54 Å². The summed E-state index contributed by atoms with van der Waals surface area (Å²) in [5.74, 6) is 0.955. The van der Waals surface area contributed by atoms with E-state index in [0.717, 1.165) is 25.4 Å². The molecule has 0 saturated heterocycles.